The minimum absolute atomic E-state index is 0.0657. The molecule has 1 spiro atoms. The third kappa shape index (κ3) is 4.07. The summed E-state index contributed by atoms with van der Waals surface area (Å²) in [7, 11) is 0. The number of nitrogens with one attached hydrogen (secondary N) is 1. The predicted molar refractivity (Wildman–Crippen MR) is 124 cm³/mol. The van der Waals surface area contributed by atoms with Crippen LogP contribution in [0.25, 0.3) is 11.3 Å². The summed E-state index contributed by atoms with van der Waals surface area (Å²) in [6.07, 6.45) is 11.6. The van der Waals surface area contributed by atoms with Gasteiger partial charge in [-0.3, -0.25) is 14.7 Å². The molecule has 2 saturated heterocycles. The summed E-state index contributed by atoms with van der Waals surface area (Å²) >= 11 is 0. The molecule has 1 aromatic heterocycles. The van der Waals surface area contributed by atoms with Crippen molar-refractivity contribution in [3.05, 3.63) is 42.1 Å². The van der Waals surface area contributed by atoms with Gasteiger partial charge in [0.2, 0.25) is 5.91 Å². The van der Waals surface area contributed by atoms with Gasteiger partial charge in [0.05, 0.1) is 17.5 Å². The van der Waals surface area contributed by atoms with Gasteiger partial charge in [-0.05, 0) is 43.4 Å². The number of rotatable bonds is 5. The number of nitrogens with zero attached hydrogens (tertiary/aromatic N) is 3. The van der Waals surface area contributed by atoms with Crippen LogP contribution >= 0.6 is 0 Å². The Morgan fingerprint density at radius 3 is 2.50 bits per heavy atom. The molecule has 3 fully saturated rings. The monoisotopic (exact) mass is 434 g/mol. The fourth-order valence-corrected chi connectivity index (χ4v) is 6.27. The van der Waals surface area contributed by atoms with Crippen LogP contribution in [0.15, 0.2) is 36.5 Å². The van der Waals surface area contributed by atoms with Crippen molar-refractivity contribution >= 4 is 11.8 Å². The van der Waals surface area contributed by atoms with E-state index in [2.05, 4.69) is 10.2 Å². The van der Waals surface area contributed by atoms with Crippen LogP contribution < -0.4 is 0 Å². The zero-order chi connectivity index (χ0) is 22.0. The molecule has 32 heavy (non-hydrogen) atoms. The molecule has 0 bridgehead atoms. The Morgan fingerprint density at radius 2 is 1.75 bits per heavy atom. The van der Waals surface area contributed by atoms with Crippen LogP contribution in [0.1, 0.15) is 68.1 Å². The zero-order valence-electron chi connectivity index (χ0n) is 18.9. The van der Waals surface area contributed by atoms with E-state index in [-0.39, 0.29) is 11.3 Å². The van der Waals surface area contributed by atoms with Gasteiger partial charge in [0.1, 0.15) is 0 Å². The lowest BCUT2D eigenvalue weighted by Gasteiger charge is -2.38. The highest BCUT2D eigenvalue weighted by Crippen LogP contribution is 2.49. The van der Waals surface area contributed by atoms with E-state index in [9.17, 15) is 9.59 Å². The van der Waals surface area contributed by atoms with Crippen LogP contribution in [-0.2, 0) is 4.79 Å². The highest BCUT2D eigenvalue weighted by molar-refractivity contribution is 6.00. The van der Waals surface area contributed by atoms with Crippen LogP contribution in [0.4, 0.5) is 0 Å². The maximum atomic E-state index is 13.6. The Morgan fingerprint density at radius 1 is 1.00 bits per heavy atom. The largest absolute Gasteiger partial charge is 0.343 e. The van der Waals surface area contributed by atoms with Crippen molar-refractivity contribution in [2.24, 2.45) is 11.3 Å². The predicted octanol–water partition coefficient (Wildman–Crippen LogP) is 4.50. The van der Waals surface area contributed by atoms with Gasteiger partial charge in [0, 0.05) is 38.2 Å². The second kappa shape index (κ2) is 9.08. The number of likely N-dealkylation sites (tertiary alicyclic amines) is 2. The summed E-state index contributed by atoms with van der Waals surface area (Å²) in [6.45, 7) is 3.41. The second-order valence-corrected chi connectivity index (χ2v) is 9.96. The molecule has 2 amide bonds. The summed E-state index contributed by atoms with van der Waals surface area (Å²) < 4.78 is 0. The molecule has 2 aromatic rings. The number of hydrogen-bond donors (Lipinski definition) is 1. The van der Waals surface area contributed by atoms with E-state index < -0.39 is 0 Å². The van der Waals surface area contributed by atoms with Gasteiger partial charge in [-0.25, -0.2) is 0 Å². The van der Waals surface area contributed by atoms with E-state index >= 15 is 0 Å². The molecule has 1 saturated carbocycles. The Balaban J connectivity index is 1.33. The highest BCUT2D eigenvalue weighted by Gasteiger charge is 2.48. The van der Waals surface area contributed by atoms with Crippen molar-refractivity contribution in [3.63, 3.8) is 0 Å². The van der Waals surface area contributed by atoms with Gasteiger partial charge in [-0.2, -0.15) is 5.10 Å². The fraction of sp³-hybridized carbons (Fsp3) is 0.577. The number of hydrogen-bond acceptors (Lipinski definition) is 3. The molecule has 5 rings (SSSR count). The molecule has 1 aliphatic carbocycles. The summed E-state index contributed by atoms with van der Waals surface area (Å²) in [4.78, 5) is 30.4. The Bertz CT molecular complexity index is 942. The third-order valence-corrected chi connectivity index (χ3v) is 8.05. The number of H-pyrrole nitrogens is 1. The first-order valence-electron chi connectivity index (χ1n) is 12.3. The Labute approximate surface area is 190 Å². The Kier molecular flexibility index (Phi) is 6.03. The van der Waals surface area contributed by atoms with Gasteiger partial charge in [0.25, 0.3) is 5.91 Å². The van der Waals surface area contributed by atoms with E-state index in [0.717, 1.165) is 56.7 Å². The zero-order valence-corrected chi connectivity index (χ0v) is 18.9. The van der Waals surface area contributed by atoms with Gasteiger partial charge in [-0.15, -0.1) is 0 Å². The number of aromatic nitrogens is 2. The maximum absolute atomic E-state index is 13.6. The minimum atomic E-state index is 0.0657. The van der Waals surface area contributed by atoms with Crippen molar-refractivity contribution in [2.45, 2.75) is 57.8 Å². The number of benzene rings is 1. The molecule has 1 unspecified atom stereocenters. The van der Waals surface area contributed by atoms with Gasteiger partial charge >= 0.3 is 0 Å². The maximum Gasteiger partial charge on any atom is 0.257 e. The van der Waals surface area contributed by atoms with E-state index in [1.165, 1.54) is 32.1 Å². The standard InChI is InChI=1S/C26H34N4O2/c31-23(29-15-7-8-16-29)12-11-21-18-30(19-26(21)13-5-2-6-14-26)25(32)22-17-27-28-24(22)20-9-3-1-4-10-20/h1,3-4,9-10,17,21H,2,5-8,11-16,18-19H2,(H,27,28). The lowest BCUT2D eigenvalue weighted by molar-refractivity contribution is -0.130. The fourth-order valence-electron chi connectivity index (χ4n) is 6.27. The van der Waals surface area contributed by atoms with E-state index in [1.54, 1.807) is 6.20 Å². The van der Waals surface area contributed by atoms with Gasteiger partial charge < -0.3 is 9.80 Å². The summed E-state index contributed by atoms with van der Waals surface area (Å²) in [5.74, 6) is 0.778. The second-order valence-electron chi connectivity index (χ2n) is 9.96. The summed E-state index contributed by atoms with van der Waals surface area (Å²) in [6, 6.07) is 9.94. The highest BCUT2D eigenvalue weighted by atomic mass is 16.2. The SMILES string of the molecule is O=C(CCC1CN(C(=O)c2cn[nH]c2-c2ccccc2)CC12CCCCC2)N1CCCC1. The molecule has 6 nitrogen and oxygen atoms in total. The minimum Gasteiger partial charge on any atom is -0.343 e. The summed E-state index contributed by atoms with van der Waals surface area (Å²) in [5, 5.41) is 7.23. The normalized spacial score (nSPS) is 22.6. The molecule has 1 aromatic carbocycles. The number of amides is 2. The van der Waals surface area contributed by atoms with E-state index in [0.29, 0.717) is 23.8 Å². The number of carbonyl (C=O) groups is 2. The van der Waals surface area contributed by atoms with Crippen molar-refractivity contribution < 1.29 is 9.59 Å². The first-order chi connectivity index (χ1) is 15.7. The average molecular weight is 435 g/mol. The quantitative estimate of drug-likeness (QED) is 0.753. The van der Waals surface area contributed by atoms with Crippen molar-refractivity contribution in [3.8, 4) is 11.3 Å². The Hall–Kier alpha value is -2.63. The van der Waals surface area contributed by atoms with Gasteiger partial charge in [0.15, 0.2) is 0 Å². The molecular weight excluding hydrogens is 400 g/mol. The first kappa shape index (κ1) is 21.2. The molecule has 1 N–H and O–H groups in total. The van der Waals surface area contributed by atoms with Crippen LogP contribution in [0.5, 0.6) is 0 Å². The molecule has 170 valence electrons. The molecular formula is C26H34N4O2. The van der Waals surface area contributed by atoms with Crippen LogP contribution in [0.2, 0.25) is 0 Å². The topological polar surface area (TPSA) is 69.3 Å². The van der Waals surface area contributed by atoms with E-state index in [1.807, 2.05) is 40.1 Å². The summed E-state index contributed by atoms with van der Waals surface area (Å²) in [5.41, 5.74) is 2.60. The van der Waals surface area contributed by atoms with Crippen LogP contribution in [0.3, 0.4) is 0 Å². The van der Waals surface area contributed by atoms with Crippen molar-refractivity contribution in [1.82, 2.24) is 20.0 Å². The molecule has 0 radical (unpaired) electrons. The number of carbonyl (C=O) groups excluding carboxylic acids is 2. The van der Waals surface area contributed by atoms with Crippen LogP contribution in [-0.4, -0.2) is 58.0 Å². The molecule has 1 atom stereocenters. The van der Waals surface area contributed by atoms with Crippen molar-refractivity contribution in [2.75, 3.05) is 26.2 Å². The van der Waals surface area contributed by atoms with E-state index in [4.69, 9.17) is 0 Å². The smallest absolute Gasteiger partial charge is 0.257 e. The molecule has 6 heteroatoms. The van der Waals surface area contributed by atoms with Crippen LogP contribution in [0, 0.1) is 11.3 Å². The lowest BCUT2D eigenvalue weighted by atomic mass is 9.66. The van der Waals surface area contributed by atoms with Crippen molar-refractivity contribution in [1.29, 1.82) is 0 Å². The third-order valence-electron chi connectivity index (χ3n) is 8.05. The molecule has 3 heterocycles. The van der Waals surface area contributed by atoms with Gasteiger partial charge in [-0.1, -0.05) is 49.6 Å². The number of aromatic amines is 1. The first-order valence-corrected chi connectivity index (χ1v) is 12.3. The lowest BCUT2D eigenvalue weighted by Crippen LogP contribution is -2.35. The molecule has 2 aliphatic heterocycles. The molecule has 3 aliphatic rings. The average Bonchev–Trinajstić information content (AvgIpc) is 3.59.